The SMILES string of the molecule is Clc1ccc2c(c1)C(NCCc1ccccc1)CCS2. The van der Waals surface area contributed by atoms with Crippen LogP contribution in [-0.4, -0.2) is 12.3 Å². The highest BCUT2D eigenvalue weighted by molar-refractivity contribution is 7.99. The van der Waals surface area contributed by atoms with Gasteiger partial charge in [-0.2, -0.15) is 0 Å². The van der Waals surface area contributed by atoms with Gasteiger partial charge in [0.25, 0.3) is 0 Å². The predicted molar refractivity (Wildman–Crippen MR) is 87.7 cm³/mol. The van der Waals surface area contributed by atoms with Gasteiger partial charge in [0.15, 0.2) is 0 Å². The molecule has 0 spiro atoms. The smallest absolute Gasteiger partial charge is 0.0410 e. The van der Waals surface area contributed by atoms with Crippen LogP contribution in [0.2, 0.25) is 5.02 Å². The van der Waals surface area contributed by atoms with Crippen LogP contribution in [0, 0.1) is 0 Å². The van der Waals surface area contributed by atoms with Crippen molar-refractivity contribution in [1.29, 1.82) is 0 Å². The molecule has 1 aliphatic heterocycles. The first-order valence-corrected chi connectivity index (χ1v) is 8.39. The standard InChI is InChI=1S/C17H18ClNS/c18-14-6-7-17-15(12-14)16(9-11-20-17)19-10-8-13-4-2-1-3-5-13/h1-7,12,16,19H,8-11H2. The number of benzene rings is 2. The largest absolute Gasteiger partial charge is 0.310 e. The lowest BCUT2D eigenvalue weighted by Gasteiger charge is -2.26. The maximum absolute atomic E-state index is 6.13. The molecule has 0 saturated carbocycles. The summed E-state index contributed by atoms with van der Waals surface area (Å²) in [5, 5.41) is 4.52. The summed E-state index contributed by atoms with van der Waals surface area (Å²) in [4.78, 5) is 1.37. The third-order valence-corrected chi connectivity index (χ3v) is 5.02. The fourth-order valence-corrected chi connectivity index (χ4v) is 3.90. The summed E-state index contributed by atoms with van der Waals surface area (Å²) in [6.45, 7) is 1.01. The molecule has 0 saturated heterocycles. The normalized spacial score (nSPS) is 17.8. The molecule has 0 amide bonds. The van der Waals surface area contributed by atoms with Gasteiger partial charge in [0.1, 0.15) is 0 Å². The quantitative estimate of drug-likeness (QED) is 0.878. The Balaban J connectivity index is 1.63. The highest BCUT2D eigenvalue weighted by Gasteiger charge is 2.20. The molecule has 1 heterocycles. The molecule has 1 N–H and O–H groups in total. The Hall–Kier alpha value is -0.960. The van der Waals surface area contributed by atoms with Crippen molar-refractivity contribution in [2.24, 2.45) is 0 Å². The van der Waals surface area contributed by atoms with Gasteiger partial charge in [-0.1, -0.05) is 41.9 Å². The second kappa shape index (κ2) is 6.66. The van der Waals surface area contributed by atoms with E-state index in [2.05, 4.69) is 47.8 Å². The number of hydrogen-bond acceptors (Lipinski definition) is 2. The molecule has 3 heteroatoms. The lowest BCUT2D eigenvalue weighted by Crippen LogP contribution is -2.26. The average Bonchev–Trinajstić information content (AvgIpc) is 2.49. The first kappa shape index (κ1) is 14.0. The van der Waals surface area contributed by atoms with Crippen molar-refractivity contribution in [3.8, 4) is 0 Å². The second-order valence-corrected chi connectivity index (χ2v) is 6.63. The van der Waals surface area contributed by atoms with Gasteiger partial charge in [0.2, 0.25) is 0 Å². The molecule has 0 bridgehead atoms. The van der Waals surface area contributed by atoms with Crippen LogP contribution in [-0.2, 0) is 6.42 Å². The van der Waals surface area contributed by atoms with Gasteiger partial charge in [-0.3, -0.25) is 0 Å². The number of thioether (sulfide) groups is 1. The van der Waals surface area contributed by atoms with Crippen LogP contribution in [0.1, 0.15) is 23.6 Å². The topological polar surface area (TPSA) is 12.0 Å². The number of fused-ring (bicyclic) bond motifs is 1. The second-order valence-electron chi connectivity index (χ2n) is 5.06. The third-order valence-electron chi connectivity index (χ3n) is 3.66. The van der Waals surface area contributed by atoms with E-state index in [1.165, 1.54) is 28.2 Å². The molecular formula is C17H18ClNS. The van der Waals surface area contributed by atoms with E-state index >= 15 is 0 Å². The Labute approximate surface area is 129 Å². The number of rotatable bonds is 4. The van der Waals surface area contributed by atoms with Gasteiger partial charge in [-0.25, -0.2) is 0 Å². The van der Waals surface area contributed by atoms with E-state index < -0.39 is 0 Å². The molecule has 2 aromatic carbocycles. The summed E-state index contributed by atoms with van der Waals surface area (Å²) in [5.41, 5.74) is 2.75. The Kier molecular flexibility index (Phi) is 4.66. The fourth-order valence-electron chi connectivity index (χ4n) is 2.61. The van der Waals surface area contributed by atoms with Crippen molar-refractivity contribution < 1.29 is 0 Å². The minimum Gasteiger partial charge on any atom is -0.310 e. The summed E-state index contributed by atoms with van der Waals surface area (Å²) < 4.78 is 0. The highest BCUT2D eigenvalue weighted by Crippen LogP contribution is 2.37. The lowest BCUT2D eigenvalue weighted by molar-refractivity contribution is 0.514. The van der Waals surface area contributed by atoms with Crippen molar-refractivity contribution in [3.05, 3.63) is 64.7 Å². The molecule has 0 aliphatic carbocycles. The zero-order valence-corrected chi connectivity index (χ0v) is 12.9. The van der Waals surface area contributed by atoms with E-state index in [9.17, 15) is 0 Å². The van der Waals surface area contributed by atoms with Crippen LogP contribution in [0.5, 0.6) is 0 Å². The van der Waals surface area contributed by atoms with E-state index in [-0.39, 0.29) is 0 Å². The van der Waals surface area contributed by atoms with Crippen molar-refractivity contribution in [1.82, 2.24) is 5.32 Å². The lowest BCUT2D eigenvalue weighted by atomic mass is 10.0. The summed E-state index contributed by atoms with van der Waals surface area (Å²) >= 11 is 8.07. The predicted octanol–water partition coefficient (Wildman–Crippen LogP) is 4.71. The van der Waals surface area contributed by atoms with Crippen molar-refractivity contribution >= 4 is 23.4 Å². The van der Waals surface area contributed by atoms with Crippen LogP contribution in [0.15, 0.2) is 53.4 Å². The maximum Gasteiger partial charge on any atom is 0.0410 e. The van der Waals surface area contributed by atoms with Crippen molar-refractivity contribution in [3.63, 3.8) is 0 Å². The molecule has 1 unspecified atom stereocenters. The van der Waals surface area contributed by atoms with E-state index in [1.807, 2.05) is 17.8 Å². The highest BCUT2D eigenvalue weighted by atomic mass is 35.5. The first-order chi connectivity index (χ1) is 9.83. The van der Waals surface area contributed by atoms with Gasteiger partial charge in [0.05, 0.1) is 0 Å². The molecule has 1 nitrogen and oxygen atoms in total. The Morgan fingerprint density at radius 1 is 1.15 bits per heavy atom. The molecule has 0 radical (unpaired) electrons. The van der Waals surface area contributed by atoms with Gasteiger partial charge < -0.3 is 5.32 Å². The summed E-state index contributed by atoms with van der Waals surface area (Å²) in [5.74, 6) is 1.18. The third kappa shape index (κ3) is 3.38. The Morgan fingerprint density at radius 2 is 2.00 bits per heavy atom. The van der Waals surface area contributed by atoms with Gasteiger partial charge in [0, 0.05) is 16.0 Å². The maximum atomic E-state index is 6.13. The van der Waals surface area contributed by atoms with E-state index in [0.29, 0.717) is 6.04 Å². The molecule has 0 aromatic heterocycles. The number of halogens is 1. The summed E-state index contributed by atoms with van der Waals surface area (Å²) in [7, 11) is 0. The van der Waals surface area contributed by atoms with Crippen LogP contribution in [0.3, 0.4) is 0 Å². The van der Waals surface area contributed by atoms with Crippen LogP contribution >= 0.6 is 23.4 Å². The molecular weight excluding hydrogens is 286 g/mol. The monoisotopic (exact) mass is 303 g/mol. The van der Waals surface area contributed by atoms with Gasteiger partial charge in [-0.05, 0) is 54.5 Å². The van der Waals surface area contributed by atoms with Gasteiger partial charge >= 0.3 is 0 Å². The van der Waals surface area contributed by atoms with Crippen LogP contribution in [0.4, 0.5) is 0 Å². The minimum atomic E-state index is 0.439. The average molecular weight is 304 g/mol. The van der Waals surface area contributed by atoms with E-state index in [1.54, 1.807) is 0 Å². The van der Waals surface area contributed by atoms with E-state index in [0.717, 1.165) is 18.0 Å². The fraction of sp³-hybridized carbons (Fsp3) is 0.294. The Bertz CT molecular complexity index is 570. The molecule has 20 heavy (non-hydrogen) atoms. The minimum absolute atomic E-state index is 0.439. The summed E-state index contributed by atoms with van der Waals surface area (Å²) in [6, 6.07) is 17.3. The molecule has 2 aromatic rings. The molecule has 3 rings (SSSR count). The Morgan fingerprint density at radius 3 is 2.85 bits per heavy atom. The molecule has 0 fully saturated rings. The number of nitrogens with one attached hydrogen (secondary N) is 1. The van der Waals surface area contributed by atoms with Crippen LogP contribution in [0.25, 0.3) is 0 Å². The zero-order valence-electron chi connectivity index (χ0n) is 11.3. The van der Waals surface area contributed by atoms with Gasteiger partial charge in [-0.15, -0.1) is 11.8 Å². The first-order valence-electron chi connectivity index (χ1n) is 7.02. The number of hydrogen-bond donors (Lipinski definition) is 1. The van der Waals surface area contributed by atoms with Crippen molar-refractivity contribution in [2.45, 2.75) is 23.8 Å². The molecule has 104 valence electrons. The molecule has 1 atom stereocenters. The summed E-state index contributed by atoms with van der Waals surface area (Å²) in [6.07, 6.45) is 2.24. The van der Waals surface area contributed by atoms with Crippen LogP contribution < -0.4 is 5.32 Å². The zero-order chi connectivity index (χ0) is 13.8. The molecule has 1 aliphatic rings. The van der Waals surface area contributed by atoms with E-state index in [4.69, 9.17) is 11.6 Å². The van der Waals surface area contributed by atoms with Crippen molar-refractivity contribution in [2.75, 3.05) is 12.3 Å².